The van der Waals surface area contributed by atoms with Crippen molar-refractivity contribution in [3.63, 3.8) is 0 Å². The molecule has 0 radical (unpaired) electrons. The first-order chi connectivity index (χ1) is 12.9. The van der Waals surface area contributed by atoms with E-state index in [1.165, 1.54) is 0 Å². The third-order valence-electron chi connectivity index (χ3n) is 3.79. The van der Waals surface area contributed by atoms with Crippen LogP contribution < -0.4 is 17.0 Å². The smallest absolute Gasteiger partial charge is 0.282 e. The van der Waals surface area contributed by atoms with E-state index in [0.717, 1.165) is 34.0 Å². The number of nitrogens with zero attached hydrogens (tertiary/aromatic N) is 3. The van der Waals surface area contributed by atoms with E-state index in [0.29, 0.717) is 19.6 Å². The molecule has 9 heteroatoms. The average molecular weight is 413 g/mol. The van der Waals surface area contributed by atoms with Crippen LogP contribution in [0.25, 0.3) is 0 Å². The zero-order valence-electron chi connectivity index (χ0n) is 16.6. The maximum absolute atomic E-state index is 12.6. The Morgan fingerprint density at radius 2 is 1.79 bits per heavy atom. The summed E-state index contributed by atoms with van der Waals surface area (Å²) < 4.78 is 26.3. The molecular formula is C19H36N6O2S. The zero-order valence-corrected chi connectivity index (χ0v) is 17.5. The van der Waals surface area contributed by atoms with Crippen molar-refractivity contribution in [2.24, 2.45) is 11.6 Å². The van der Waals surface area contributed by atoms with Crippen LogP contribution in [0.2, 0.25) is 0 Å². The molecular weight excluding hydrogens is 376 g/mol. The molecule has 8 nitrogen and oxygen atoms in total. The summed E-state index contributed by atoms with van der Waals surface area (Å²) in [7, 11) is -3.63. The largest absolute Gasteiger partial charge is 0.331 e. The summed E-state index contributed by atoms with van der Waals surface area (Å²) in [6.07, 6.45) is 2.32. The van der Waals surface area contributed by atoms with Crippen molar-refractivity contribution < 1.29 is 8.42 Å². The quantitative estimate of drug-likeness (QED) is 0.518. The fourth-order valence-electron chi connectivity index (χ4n) is 2.55. The lowest BCUT2D eigenvalue weighted by molar-refractivity contribution is 0.235. The molecule has 0 unspecified atom stereocenters. The van der Waals surface area contributed by atoms with Crippen molar-refractivity contribution in [1.82, 2.24) is 19.5 Å². The van der Waals surface area contributed by atoms with Gasteiger partial charge in [-0.25, -0.2) is 5.43 Å². The molecule has 28 heavy (non-hydrogen) atoms. The summed E-state index contributed by atoms with van der Waals surface area (Å²) in [5.74, 6) is 5.33. The number of hydrazine groups is 1. The first-order valence-electron chi connectivity index (χ1n) is 9.18. The molecule has 0 atom stereocenters. The van der Waals surface area contributed by atoms with Gasteiger partial charge in [-0.05, 0) is 25.6 Å². The van der Waals surface area contributed by atoms with Crippen LogP contribution >= 0.6 is 0 Å². The van der Waals surface area contributed by atoms with E-state index >= 15 is 0 Å². The highest BCUT2D eigenvalue weighted by Crippen LogP contribution is 2.20. The Kier molecular flexibility index (Phi) is 11.8. The van der Waals surface area contributed by atoms with Crippen LogP contribution in [0.5, 0.6) is 0 Å². The minimum atomic E-state index is -3.63. The van der Waals surface area contributed by atoms with E-state index in [1.54, 1.807) is 30.5 Å². The summed E-state index contributed by atoms with van der Waals surface area (Å²) in [5, 5.41) is 4.27. The second-order valence-corrected chi connectivity index (χ2v) is 7.66. The van der Waals surface area contributed by atoms with Crippen molar-refractivity contribution in [3.05, 3.63) is 47.3 Å². The van der Waals surface area contributed by atoms with Gasteiger partial charge in [0.25, 0.3) is 10.0 Å². The lowest BCUT2D eigenvalue weighted by atomic mass is 10.1. The summed E-state index contributed by atoms with van der Waals surface area (Å²) >= 11 is 0. The van der Waals surface area contributed by atoms with Gasteiger partial charge < -0.3 is 5.73 Å². The third kappa shape index (κ3) is 6.68. The van der Waals surface area contributed by atoms with E-state index in [2.05, 4.69) is 15.4 Å². The Morgan fingerprint density at radius 3 is 2.32 bits per heavy atom. The normalized spacial score (nSPS) is 13.2. The second kappa shape index (κ2) is 12.6. The molecule has 0 fully saturated rings. The first kappa shape index (κ1) is 26.2. The van der Waals surface area contributed by atoms with Gasteiger partial charge in [0.1, 0.15) is 0 Å². The number of hydrogen-bond acceptors (Lipinski definition) is 7. The van der Waals surface area contributed by atoms with E-state index in [-0.39, 0.29) is 12.3 Å². The predicted octanol–water partition coefficient (Wildman–Crippen LogP) is 1.83. The summed E-state index contributed by atoms with van der Waals surface area (Å²) in [4.78, 5) is 2.35. The molecule has 1 aromatic carbocycles. The van der Waals surface area contributed by atoms with E-state index in [4.69, 9.17) is 11.6 Å². The minimum Gasteiger partial charge on any atom is -0.331 e. The van der Waals surface area contributed by atoms with Gasteiger partial charge in [0, 0.05) is 31.3 Å². The number of fused-ring (bicyclic) bond motifs is 1. The van der Waals surface area contributed by atoms with Crippen LogP contribution in [0.1, 0.15) is 45.0 Å². The molecule has 2 heterocycles. The predicted molar refractivity (Wildman–Crippen MR) is 115 cm³/mol. The summed E-state index contributed by atoms with van der Waals surface area (Å²) in [6.45, 7) is 10.6. The van der Waals surface area contributed by atoms with Crippen molar-refractivity contribution in [1.29, 1.82) is 0 Å². The highest BCUT2D eigenvalue weighted by atomic mass is 32.2. The molecule has 2 aromatic rings. The average Bonchev–Trinajstić information content (AvgIpc) is 3.09. The first-order valence-corrected chi connectivity index (χ1v) is 10.6. The van der Waals surface area contributed by atoms with E-state index in [9.17, 15) is 8.42 Å². The van der Waals surface area contributed by atoms with Gasteiger partial charge in [-0.1, -0.05) is 45.9 Å². The molecule has 0 saturated heterocycles. The Morgan fingerprint density at radius 1 is 1.21 bits per heavy atom. The van der Waals surface area contributed by atoms with Gasteiger partial charge in [-0.3, -0.25) is 10.7 Å². The summed E-state index contributed by atoms with van der Waals surface area (Å²) in [5.41, 5.74) is 10.2. The Bertz CT molecular complexity index is 787. The fraction of sp³-hybridized carbons (Fsp3) is 0.526. The number of nitrogens with one attached hydrogen (secondary N) is 1. The maximum Gasteiger partial charge on any atom is 0.282 e. The maximum atomic E-state index is 12.6. The molecule has 5 N–H and O–H groups in total. The minimum absolute atomic E-state index is 0. The fourth-order valence-corrected chi connectivity index (χ4v) is 3.72. The molecule has 160 valence electrons. The zero-order chi connectivity index (χ0) is 20.4. The number of aryl methyl sites for hydroxylation is 1. The van der Waals surface area contributed by atoms with E-state index < -0.39 is 10.0 Å². The monoisotopic (exact) mass is 412 g/mol. The van der Waals surface area contributed by atoms with E-state index in [1.807, 2.05) is 27.7 Å². The van der Waals surface area contributed by atoms with Gasteiger partial charge in [-0.15, -0.1) is 0 Å². The highest BCUT2D eigenvalue weighted by Gasteiger charge is 2.24. The lowest BCUT2D eigenvalue weighted by Gasteiger charge is -2.24. The van der Waals surface area contributed by atoms with Crippen LogP contribution in [0.4, 0.5) is 0 Å². The topological polar surface area (TPSA) is 119 Å². The van der Waals surface area contributed by atoms with Gasteiger partial charge in [0.05, 0.1) is 17.3 Å². The Hall–Kier alpha value is -1.78. The molecule has 0 spiro atoms. The van der Waals surface area contributed by atoms with Gasteiger partial charge in [0.15, 0.2) is 0 Å². The SMILES string of the molecule is C.CC.CCN.Cc1ccc(S(=O)(=O)n2cc3c(n2)CCN(CNN)C3)cc1. The third-order valence-corrected chi connectivity index (χ3v) is 5.34. The number of hydrogen-bond donors (Lipinski definition) is 3. The second-order valence-electron chi connectivity index (χ2n) is 5.86. The highest BCUT2D eigenvalue weighted by molar-refractivity contribution is 7.89. The number of nitrogens with two attached hydrogens (primary N) is 2. The van der Waals surface area contributed by atoms with Crippen LogP contribution in [0.3, 0.4) is 0 Å². The van der Waals surface area contributed by atoms with Crippen molar-refractivity contribution in [2.45, 2.75) is 53.0 Å². The molecule has 0 saturated carbocycles. The van der Waals surface area contributed by atoms with Gasteiger partial charge >= 0.3 is 0 Å². The van der Waals surface area contributed by atoms with Crippen LogP contribution in [-0.2, 0) is 23.0 Å². The Labute approximate surface area is 169 Å². The lowest BCUT2D eigenvalue weighted by Crippen LogP contribution is -2.40. The van der Waals surface area contributed by atoms with Gasteiger partial charge in [0.2, 0.25) is 0 Å². The standard InChI is InChI=1S/C14H19N5O2S.C2H7N.C2H6.CH4/c1-11-2-4-13(5-3-11)22(20,21)19-9-12-8-18(10-16-15)7-6-14(12)17-19;1-2-3;1-2;/h2-5,9,16H,6-8,10,15H2,1H3;2-3H2,1H3;1-2H3;1H4. The molecule has 3 rings (SSSR count). The van der Waals surface area contributed by atoms with Crippen molar-refractivity contribution in [2.75, 3.05) is 19.8 Å². The molecule has 1 aliphatic heterocycles. The molecule has 0 amide bonds. The van der Waals surface area contributed by atoms with Crippen molar-refractivity contribution >= 4 is 10.0 Å². The Balaban J connectivity index is 0.00000111. The van der Waals surface area contributed by atoms with Crippen LogP contribution in [0, 0.1) is 6.92 Å². The number of benzene rings is 1. The molecule has 0 bridgehead atoms. The molecule has 0 aliphatic carbocycles. The van der Waals surface area contributed by atoms with Crippen molar-refractivity contribution in [3.8, 4) is 0 Å². The molecule has 1 aliphatic rings. The summed E-state index contributed by atoms with van der Waals surface area (Å²) in [6, 6.07) is 6.78. The van der Waals surface area contributed by atoms with Crippen LogP contribution in [0.15, 0.2) is 35.4 Å². The molecule has 1 aromatic heterocycles. The van der Waals surface area contributed by atoms with Crippen LogP contribution in [-0.4, -0.2) is 42.3 Å². The number of rotatable bonds is 4. The van der Waals surface area contributed by atoms with Gasteiger partial charge in [-0.2, -0.15) is 17.6 Å². The number of aromatic nitrogens is 2.